The Bertz CT molecular complexity index is 740. The second kappa shape index (κ2) is 7.19. The van der Waals surface area contributed by atoms with Crippen LogP contribution in [-0.2, 0) is 19.1 Å². The first-order valence-electron chi connectivity index (χ1n) is 8.46. The Balaban J connectivity index is 1.62. The maximum Gasteiger partial charge on any atom is 0.330 e. The third kappa shape index (κ3) is 3.38. The maximum absolute atomic E-state index is 12.5. The number of carbonyl (C=O) groups excluding carboxylic acids is 3. The molecular weight excluding hydrogens is 356 g/mol. The summed E-state index contributed by atoms with van der Waals surface area (Å²) in [4.78, 5) is 38.3. The number of esters is 1. The molecule has 0 aliphatic carbocycles. The van der Waals surface area contributed by atoms with Gasteiger partial charge in [0, 0.05) is 12.2 Å². The number of benzene rings is 1. The molecule has 7 nitrogen and oxygen atoms in total. The van der Waals surface area contributed by atoms with Gasteiger partial charge in [0.25, 0.3) is 5.91 Å². The van der Waals surface area contributed by atoms with Gasteiger partial charge >= 0.3 is 5.97 Å². The van der Waals surface area contributed by atoms with Crippen LogP contribution >= 0.6 is 11.8 Å². The van der Waals surface area contributed by atoms with Crippen molar-refractivity contribution in [2.45, 2.75) is 43.7 Å². The largest absolute Gasteiger partial charge is 0.495 e. The number of amides is 2. The van der Waals surface area contributed by atoms with E-state index in [1.54, 1.807) is 40.9 Å². The zero-order valence-corrected chi connectivity index (χ0v) is 15.8. The number of fused-ring (bicyclic) bond motifs is 1. The summed E-state index contributed by atoms with van der Waals surface area (Å²) in [7, 11) is 1.51. The molecule has 2 heterocycles. The molecule has 0 bridgehead atoms. The van der Waals surface area contributed by atoms with Gasteiger partial charge in [-0.2, -0.15) is 0 Å². The average molecular weight is 378 g/mol. The molecule has 26 heavy (non-hydrogen) atoms. The molecule has 1 aromatic carbocycles. The number of hydrogen-bond acceptors (Lipinski definition) is 6. The SMILES string of the molecule is COc1ccccc1NC(=O)[C@@H](C)OC(=O)[C@H]1CS[C@@]2(C)CCC(=O)N12. The summed E-state index contributed by atoms with van der Waals surface area (Å²) in [5, 5.41) is 2.69. The molecule has 3 rings (SSSR count). The Morgan fingerprint density at radius 1 is 1.38 bits per heavy atom. The highest BCUT2D eigenvalue weighted by atomic mass is 32.2. The minimum atomic E-state index is -0.984. The van der Waals surface area contributed by atoms with Crippen molar-refractivity contribution in [2.75, 3.05) is 18.2 Å². The summed E-state index contributed by atoms with van der Waals surface area (Å²) in [6, 6.07) is 6.35. The molecule has 0 aromatic heterocycles. The van der Waals surface area contributed by atoms with E-state index in [0.717, 1.165) is 6.42 Å². The predicted molar refractivity (Wildman–Crippen MR) is 97.9 cm³/mol. The average Bonchev–Trinajstić information content (AvgIpc) is 3.11. The van der Waals surface area contributed by atoms with Crippen molar-refractivity contribution in [1.82, 2.24) is 4.90 Å². The number of methoxy groups -OCH3 is 1. The Kier molecular flexibility index (Phi) is 5.13. The van der Waals surface area contributed by atoms with E-state index < -0.39 is 24.0 Å². The lowest BCUT2D eigenvalue weighted by atomic mass is 10.2. The fraction of sp³-hybridized carbons (Fsp3) is 0.500. The number of anilines is 1. The Morgan fingerprint density at radius 3 is 2.85 bits per heavy atom. The van der Waals surface area contributed by atoms with E-state index in [4.69, 9.17) is 9.47 Å². The first-order valence-corrected chi connectivity index (χ1v) is 9.45. The summed E-state index contributed by atoms with van der Waals surface area (Å²) in [6.07, 6.45) is 0.184. The van der Waals surface area contributed by atoms with E-state index in [2.05, 4.69) is 5.32 Å². The second-order valence-electron chi connectivity index (χ2n) is 6.53. The molecule has 0 unspecified atom stereocenters. The molecule has 0 saturated carbocycles. The quantitative estimate of drug-likeness (QED) is 0.789. The number of hydrogen-bond donors (Lipinski definition) is 1. The molecule has 2 saturated heterocycles. The number of ether oxygens (including phenoxy) is 2. The van der Waals surface area contributed by atoms with E-state index in [1.165, 1.54) is 14.0 Å². The van der Waals surface area contributed by atoms with Crippen LogP contribution in [0.1, 0.15) is 26.7 Å². The first-order chi connectivity index (χ1) is 12.4. The lowest BCUT2D eigenvalue weighted by Crippen LogP contribution is -2.48. The van der Waals surface area contributed by atoms with Crippen LogP contribution in [0.5, 0.6) is 5.75 Å². The van der Waals surface area contributed by atoms with Gasteiger partial charge in [0.1, 0.15) is 11.8 Å². The van der Waals surface area contributed by atoms with Crippen molar-refractivity contribution in [3.63, 3.8) is 0 Å². The van der Waals surface area contributed by atoms with Gasteiger partial charge in [0.15, 0.2) is 6.10 Å². The highest BCUT2D eigenvalue weighted by molar-refractivity contribution is 8.01. The van der Waals surface area contributed by atoms with Crippen LogP contribution in [-0.4, -0.2) is 52.6 Å². The van der Waals surface area contributed by atoms with E-state index in [1.807, 2.05) is 6.92 Å². The highest BCUT2D eigenvalue weighted by Gasteiger charge is 2.53. The number of carbonyl (C=O) groups is 3. The third-order valence-corrected chi connectivity index (χ3v) is 6.25. The van der Waals surface area contributed by atoms with Gasteiger partial charge in [-0.05, 0) is 32.4 Å². The highest BCUT2D eigenvalue weighted by Crippen LogP contribution is 2.47. The lowest BCUT2D eigenvalue weighted by Gasteiger charge is -2.29. The lowest BCUT2D eigenvalue weighted by molar-refractivity contribution is -0.160. The molecule has 2 amide bonds. The molecule has 0 radical (unpaired) electrons. The van der Waals surface area contributed by atoms with Gasteiger partial charge in [-0.25, -0.2) is 4.79 Å². The maximum atomic E-state index is 12.5. The molecule has 8 heteroatoms. The molecule has 1 aromatic rings. The Labute approximate surface area is 156 Å². The molecular formula is C18H22N2O5S. The molecule has 0 spiro atoms. The van der Waals surface area contributed by atoms with Crippen molar-refractivity contribution in [2.24, 2.45) is 0 Å². The zero-order valence-electron chi connectivity index (χ0n) is 15.0. The molecule has 2 fully saturated rings. The van der Waals surface area contributed by atoms with Gasteiger partial charge in [-0.1, -0.05) is 12.1 Å². The molecule has 2 aliphatic rings. The van der Waals surface area contributed by atoms with Gasteiger partial charge in [0.05, 0.1) is 17.7 Å². The minimum Gasteiger partial charge on any atom is -0.495 e. The predicted octanol–water partition coefficient (Wildman–Crippen LogP) is 2.02. The first kappa shape index (κ1) is 18.6. The Morgan fingerprint density at radius 2 is 2.12 bits per heavy atom. The molecule has 2 aliphatic heterocycles. The second-order valence-corrected chi connectivity index (χ2v) is 8.04. The van der Waals surface area contributed by atoms with Crippen molar-refractivity contribution in [1.29, 1.82) is 0 Å². The smallest absolute Gasteiger partial charge is 0.330 e. The molecule has 1 N–H and O–H groups in total. The summed E-state index contributed by atoms with van der Waals surface area (Å²) < 4.78 is 10.5. The van der Waals surface area contributed by atoms with E-state index in [-0.39, 0.29) is 10.8 Å². The molecule has 140 valence electrons. The number of nitrogens with one attached hydrogen (secondary N) is 1. The third-order valence-electron chi connectivity index (χ3n) is 4.74. The summed E-state index contributed by atoms with van der Waals surface area (Å²) >= 11 is 1.59. The van der Waals surface area contributed by atoms with Crippen molar-refractivity contribution in [3.05, 3.63) is 24.3 Å². The summed E-state index contributed by atoms with van der Waals surface area (Å²) in [6.45, 7) is 3.48. The van der Waals surface area contributed by atoms with Crippen LogP contribution in [0.25, 0.3) is 0 Å². The van der Waals surface area contributed by atoms with Gasteiger partial charge in [-0.3, -0.25) is 9.59 Å². The van der Waals surface area contributed by atoms with Gasteiger partial charge in [0.2, 0.25) is 5.91 Å². The van der Waals surface area contributed by atoms with Gasteiger partial charge in [-0.15, -0.1) is 11.8 Å². The summed E-state index contributed by atoms with van der Waals surface area (Å²) in [5.74, 6) is -0.0270. The number of para-hydroxylation sites is 2. The number of rotatable bonds is 5. The van der Waals surface area contributed by atoms with Crippen LogP contribution in [0.4, 0.5) is 5.69 Å². The zero-order chi connectivity index (χ0) is 18.9. The Hall–Kier alpha value is -2.22. The minimum absolute atomic E-state index is 0.0365. The monoisotopic (exact) mass is 378 g/mol. The summed E-state index contributed by atoms with van der Waals surface area (Å²) in [5.41, 5.74) is 0.501. The van der Waals surface area contributed by atoms with Crippen LogP contribution < -0.4 is 10.1 Å². The van der Waals surface area contributed by atoms with Crippen LogP contribution in [0.3, 0.4) is 0 Å². The van der Waals surface area contributed by atoms with Gasteiger partial charge < -0.3 is 19.7 Å². The fourth-order valence-electron chi connectivity index (χ4n) is 3.28. The van der Waals surface area contributed by atoms with Crippen molar-refractivity contribution >= 4 is 35.2 Å². The normalized spacial score (nSPS) is 25.6. The van der Waals surface area contributed by atoms with E-state index >= 15 is 0 Å². The van der Waals surface area contributed by atoms with Crippen LogP contribution in [0, 0.1) is 0 Å². The fourth-order valence-corrected chi connectivity index (χ4v) is 4.70. The van der Waals surface area contributed by atoms with Crippen molar-refractivity contribution in [3.8, 4) is 5.75 Å². The molecule has 3 atom stereocenters. The number of thioether (sulfide) groups is 1. The van der Waals surface area contributed by atoms with Crippen molar-refractivity contribution < 1.29 is 23.9 Å². The number of nitrogens with zero attached hydrogens (tertiary/aromatic N) is 1. The van der Waals surface area contributed by atoms with Crippen LogP contribution in [0.2, 0.25) is 0 Å². The van der Waals surface area contributed by atoms with Crippen LogP contribution in [0.15, 0.2) is 24.3 Å². The topological polar surface area (TPSA) is 84.9 Å². The van der Waals surface area contributed by atoms with E-state index in [0.29, 0.717) is 23.6 Å². The van der Waals surface area contributed by atoms with E-state index in [9.17, 15) is 14.4 Å². The standard InChI is InChI=1S/C18H22N2O5S/c1-11(16(22)19-12-6-4-5-7-14(12)24-3)25-17(23)13-10-26-18(2)9-8-15(21)20(13)18/h4-7,11,13H,8-10H2,1-3H3,(H,19,22)/t11-,13-,18+/m1/s1.